The van der Waals surface area contributed by atoms with Gasteiger partial charge >= 0.3 is 0 Å². The van der Waals surface area contributed by atoms with Crippen LogP contribution >= 0.6 is 12.2 Å². The summed E-state index contributed by atoms with van der Waals surface area (Å²) in [7, 11) is 0. The van der Waals surface area contributed by atoms with Crippen LogP contribution in [0.4, 0.5) is 5.69 Å². The predicted molar refractivity (Wildman–Crippen MR) is 66.5 cm³/mol. The SMILES string of the molecule is O=C1CC(O)CN1c1ccc2[nH]c(=S)[nH]c2c1. The molecular formula is C11H11N3O2S. The molecule has 3 N–H and O–H groups in total. The molecule has 0 aliphatic carbocycles. The lowest BCUT2D eigenvalue weighted by Gasteiger charge is -2.15. The lowest BCUT2D eigenvalue weighted by Crippen LogP contribution is -2.25. The Kier molecular flexibility index (Phi) is 2.27. The van der Waals surface area contributed by atoms with E-state index in [1.54, 1.807) is 4.90 Å². The van der Waals surface area contributed by atoms with E-state index in [0.717, 1.165) is 16.7 Å². The lowest BCUT2D eigenvalue weighted by molar-refractivity contribution is -0.117. The van der Waals surface area contributed by atoms with Crippen molar-refractivity contribution in [1.82, 2.24) is 9.97 Å². The molecule has 1 atom stereocenters. The van der Waals surface area contributed by atoms with Crippen LogP contribution in [0.15, 0.2) is 18.2 Å². The first-order valence-corrected chi connectivity index (χ1v) is 5.75. The standard InChI is InChI=1S/C11H11N3O2S/c15-7-4-10(16)14(5-7)6-1-2-8-9(3-6)13-11(17)12-8/h1-3,7,15H,4-5H2,(H2,12,13,17). The van der Waals surface area contributed by atoms with Crippen LogP contribution in [0.5, 0.6) is 0 Å². The molecule has 1 aromatic heterocycles. The highest BCUT2D eigenvalue weighted by Gasteiger charge is 2.29. The number of carbonyl (C=O) groups is 1. The van der Waals surface area contributed by atoms with E-state index in [0.29, 0.717) is 11.3 Å². The first-order valence-electron chi connectivity index (χ1n) is 5.34. The number of aromatic nitrogens is 2. The number of hydrogen-bond acceptors (Lipinski definition) is 3. The molecule has 1 saturated heterocycles. The maximum atomic E-state index is 11.7. The number of imidazole rings is 1. The Bertz CT molecular complexity index is 645. The number of benzene rings is 1. The fraction of sp³-hybridized carbons (Fsp3) is 0.273. The van der Waals surface area contributed by atoms with Crippen LogP contribution in [0.3, 0.4) is 0 Å². The Balaban J connectivity index is 2.06. The highest BCUT2D eigenvalue weighted by Crippen LogP contribution is 2.24. The van der Waals surface area contributed by atoms with E-state index in [4.69, 9.17) is 12.2 Å². The molecule has 0 bridgehead atoms. The number of fused-ring (bicyclic) bond motifs is 1. The van der Waals surface area contributed by atoms with Crippen molar-refractivity contribution in [3.8, 4) is 0 Å². The molecule has 1 fully saturated rings. The van der Waals surface area contributed by atoms with Crippen molar-refractivity contribution in [1.29, 1.82) is 0 Å². The van der Waals surface area contributed by atoms with Gasteiger partial charge < -0.3 is 20.0 Å². The molecule has 2 heterocycles. The van der Waals surface area contributed by atoms with Crippen molar-refractivity contribution in [3.05, 3.63) is 23.0 Å². The van der Waals surface area contributed by atoms with Gasteiger partial charge in [0.25, 0.3) is 0 Å². The summed E-state index contributed by atoms with van der Waals surface area (Å²) in [5.41, 5.74) is 2.55. The minimum Gasteiger partial charge on any atom is -0.391 e. The van der Waals surface area contributed by atoms with Gasteiger partial charge in [-0.25, -0.2) is 0 Å². The van der Waals surface area contributed by atoms with E-state index in [1.807, 2.05) is 18.2 Å². The zero-order valence-corrected chi connectivity index (χ0v) is 9.75. The molecule has 1 aliphatic heterocycles. The minimum absolute atomic E-state index is 0.0500. The van der Waals surface area contributed by atoms with E-state index in [9.17, 15) is 9.90 Å². The first-order chi connectivity index (χ1) is 8.13. The van der Waals surface area contributed by atoms with Crippen molar-refractivity contribution in [2.45, 2.75) is 12.5 Å². The largest absolute Gasteiger partial charge is 0.391 e. The number of anilines is 1. The van der Waals surface area contributed by atoms with Crippen LogP contribution in [0.25, 0.3) is 11.0 Å². The second-order valence-corrected chi connectivity index (χ2v) is 4.58. The number of carbonyl (C=O) groups excluding carboxylic acids is 1. The second-order valence-electron chi connectivity index (χ2n) is 4.17. The van der Waals surface area contributed by atoms with Crippen LogP contribution in [0.2, 0.25) is 0 Å². The molecular weight excluding hydrogens is 238 g/mol. The normalized spacial score (nSPS) is 20.4. The van der Waals surface area contributed by atoms with E-state index in [2.05, 4.69) is 9.97 Å². The number of nitrogens with zero attached hydrogens (tertiary/aromatic N) is 1. The maximum absolute atomic E-state index is 11.7. The minimum atomic E-state index is -0.567. The van der Waals surface area contributed by atoms with Gasteiger partial charge in [-0.1, -0.05) is 0 Å². The number of rotatable bonds is 1. The Morgan fingerprint density at radius 2 is 2.12 bits per heavy atom. The van der Waals surface area contributed by atoms with Gasteiger partial charge in [-0.05, 0) is 30.4 Å². The summed E-state index contributed by atoms with van der Waals surface area (Å²) in [6, 6.07) is 5.57. The molecule has 6 heteroatoms. The summed E-state index contributed by atoms with van der Waals surface area (Å²) in [4.78, 5) is 19.3. The van der Waals surface area contributed by atoms with Crippen molar-refractivity contribution < 1.29 is 9.90 Å². The smallest absolute Gasteiger partial charge is 0.229 e. The molecule has 5 nitrogen and oxygen atoms in total. The average Bonchev–Trinajstić information content (AvgIpc) is 2.78. The Hall–Kier alpha value is -1.66. The van der Waals surface area contributed by atoms with Crippen LogP contribution in [-0.4, -0.2) is 33.6 Å². The summed E-state index contributed by atoms with van der Waals surface area (Å²) in [5, 5.41) is 9.46. The number of aliphatic hydroxyl groups excluding tert-OH is 1. The zero-order chi connectivity index (χ0) is 12.0. The maximum Gasteiger partial charge on any atom is 0.229 e. The monoisotopic (exact) mass is 249 g/mol. The summed E-state index contributed by atoms with van der Waals surface area (Å²) >= 11 is 5.00. The third kappa shape index (κ3) is 1.75. The first kappa shape index (κ1) is 10.5. The number of nitrogens with one attached hydrogen (secondary N) is 2. The number of hydrogen-bond donors (Lipinski definition) is 3. The molecule has 0 saturated carbocycles. The molecule has 1 amide bonds. The molecule has 0 radical (unpaired) electrons. The predicted octanol–water partition coefficient (Wildman–Crippen LogP) is 1.32. The summed E-state index contributed by atoms with van der Waals surface area (Å²) in [6.45, 7) is 0.357. The summed E-state index contributed by atoms with van der Waals surface area (Å²) in [6.07, 6.45) is -0.371. The van der Waals surface area contributed by atoms with Crippen molar-refractivity contribution in [2.24, 2.45) is 0 Å². The summed E-state index contributed by atoms with van der Waals surface area (Å²) < 4.78 is 0.560. The molecule has 1 unspecified atom stereocenters. The van der Waals surface area contributed by atoms with Crippen molar-refractivity contribution in [3.63, 3.8) is 0 Å². The molecule has 3 rings (SSSR count). The van der Waals surface area contributed by atoms with Gasteiger partial charge in [0, 0.05) is 5.69 Å². The van der Waals surface area contributed by atoms with Crippen LogP contribution in [0, 0.1) is 4.77 Å². The van der Waals surface area contributed by atoms with E-state index >= 15 is 0 Å². The Labute approximate surface area is 102 Å². The molecule has 17 heavy (non-hydrogen) atoms. The van der Waals surface area contributed by atoms with E-state index < -0.39 is 6.10 Å². The number of amides is 1. The number of aliphatic hydroxyl groups is 1. The van der Waals surface area contributed by atoms with Gasteiger partial charge in [0.05, 0.1) is 30.1 Å². The quantitative estimate of drug-likeness (QED) is 0.667. The van der Waals surface area contributed by atoms with Crippen molar-refractivity contribution in [2.75, 3.05) is 11.4 Å². The molecule has 0 spiro atoms. The molecule has 1 aromatic carbocycles. The summed E-state index contributed by atoms with van der Waals surface area (Å²) in [5.74, 6) is -0.0500. The van der Waals surface area contributed by atoms with Gasteiger partial charge in [-0.2, -0.15) is 0 Å². The third-order valence-electron chi connectivity index (χ3n) is 2.92. The number of H-pyrrole nitrogens is 2. The van der Waals surface area contributed by atoms with Gasteiger partial charge in [0.1, 0.15) is 0 Å². The van der Waals surface area contributed by atoms with E-state index in [1.165, 1.54) is 0 Å². The Morgan fingerprint density at radius 3 is 2.82 bits per heavy atom. The van der Waals surface area contributed by atoms with Gasteiger partial charge in [0.2, 0.25) is 5.91 Å². The molecule has 1 aliphatic rings. The van der Waals surface area contributed by atoms with E-state index in [-0.39, 0.29) is 12.3 Å². The van der Waals surface area contributed by atoms with Gasteiger partial charge in [-0.15, -0.1) is 0 Å². The average molecular weight is 249 g/mol. The topological polar surface area (TPSA) is 72.1 Å². The highest BCUT2D eigenvalue weighted by atomic mass is 32.1. The highest BCUT2D eigenvalue weighted by molar-refractivity contribution is 7.71. The number of aromatic amines is 2. The lowest BCUT2D eigenvalue weighted by atomic mass is 10.2. The van der Waals surface area contributed by atoms with Crippen LogP contribution < -0.4 is 4.90 Å². The van der Waals surface area contributed by atoms with Gasteiger partial charge in [-0.3, -0.25) is 4.79 Å². The fourth-order valence-electron chi connectivity index (χ4n) is 2.13. The van der Waals surface area contributed by atoms with Crippen molar-refractivity contribution >= 4 is 34.8 Å². The second kappa shape index (κ2) is 3.68. The third-order valence-corrected chi connectivity index (χ3v) is 3.12. The van der Waals surface area contributed by atoms with Crippen LogP contribution in [0.1, 0.15) is 6.42 Å². The Morgan fingerprint density at radius 1 is 1.35 bits per heavy atom. The number of β-amino-alcohol motifs (C(OH)–C–C–N with tert-alkyl or cyclic N) is 1. The molecule has 2 aromatic rings. The fourth-order valence-corrected chi connectivity index (χ4v) is 2.35. The van der Waals surface area contributed by atoms with Gasteiger partial charge in [0.15, 0.2) is 4.77 Å². The zero-order valence-electron chi connectivity index (χ0n) is 8.93. The molecule has 88 valence electrons. The van der Waals surface area contributed by atoms with Crippen LogP contribution in [-0.2, 0) is 4.79 Å².